The van der Waals surface area contributed by atoms with Gasteiger partial charge in [0.15, 0.2) is 5.78 Å². The number of methoxy groups -OCH3 is 1. The number of benzene rings is 1. The standard InChI is InChI=1S/C15H22O3/c1-3-4-5-6-11-18-12-15(16)13-7-9-14(17-2)10-8-13/h7-10H,3-6,11-12H2,1-2H3. The van der Waals surface area contributed by atoms with E-state index in [9.17, 15) is 4.79 Å². The normalized spacial score (nSPS) is 10.3. The molecule has 0 fully saturated rings. The molecular formula is C15H22O3. The molecule has 0 aliphatic carbocycles. The van der Waals surface area contributed by atoms with Crippen LogP contribution in [-0.4, -0.2) is 26.1 Å². The monoisotopic (exact) mass is 250 g/mol. The summed E-state index contributed by atoms with van der Waals surface area (Å²) in [5.74, 6) is 0.778. The number of unbranched alkanes of at least 4 members (excludes halogenated alkanes) is 3. The molecule has 0 radical (unpaired) electrons. The van der Waals surface area contributed by atoms with Crippen LogP contribution >= 0.6 is 0 Å². The fourth-order valence-electron chi connectivity index (χ4n) is 1.66. The molecule has 100 valence electrons. The molecule has 0 aromatic heterocycles. The van der Waals surface area contributed by atoms with Crippen molar-refractivity contribution in [2.24, 2.45) is 0 Å². The summed E-state index contributed by atoms with van der Waals surface area (Å²) in [4.78, 5) is 11.8. The van der Waals surface area contributed by atoms with Crippen molar-refractivity contribution in [2.45, 2.75) is 32.6 Å². The Morgan fingerprint density at radius 1 is 1.11 bits per heavy atom. The maximum atomic E-state index is 11.8. The van der Waals surface area contributed by atoms with Crippen LogP contribution in [0, 0.1) is 0 Å². The van der Waals surface area contributed by atoms with Crippen molar-refractivity contribution in [3.63, 3.8) is 0 Å². The Morgan fingerprint density at radius 3 is 2.44 bits per heavy atom. The highest BCUT2D eigenvalue weighted by Crippen LogP contribution is 2.11. The Kier molecular flexibility index (Phi) is 7.11. The molecule has 0 aliphatic heterocycles. The lowest BCUT2D eigenvalue weighted by Gasteiger charge is -2.04. The van der Waals surface area contributed by atoms with Crippen molar-refractivity contribution < 1.29 is 14.3 Å². The zero-order valence-corrected chi connectivity index (χ0v) is 11.3. The van der Waals surface area contributed by atoms with Gasteiger partial charge in [-0.3, -0.25) is 4.79 Å². The second-order valence-electron chi connectivity index (χ2n) is 4.26. The Hall–Kier alpha value is -1.35. The molecule has 1 aromatic carbocycles. The van der Waals surface area contributed by atoms with Crippen molar-refractivity contribution in [1.82, 2.24) is 0 Å². The molecule has 0 saturated carbocycles. The van der Waals surface area contributed by atoms with Gasteiger partial charge in [-0.1, -0.05) is 26.2 Å². The van der Waals surface area contributed by atoms with Crippen LogP contribution in [0.25, 0.3) is 0 Å². The van der Waals surface area contributed by atoms with Crippen molar-refractivity contribution in [1.29, 1.82) is 0 Å². The summed E-state index contributed by atoms with van der Waals surface area (Å²) in [6, 6.07) is 7.10. The summed E-state index contributed by atoms with van der Waals surface area (Å²) in [5.41, 5.74) is 0.671. The predicted octanol–water partition coefficient (Wildman–Crippen LogP) is 3.47. The van der Waals surface area contributed by atoms with Crippen LogP contribution in [0.15, 0.2) is 24.3 Å². The molecular weight excluding hydrogens is 228 g/mol. The number of ketones is 1. The van der Waals surface area contributed by atoms with Crippen molar-refractivity contribution in [2.75, 3.05) is 20.3 Å². The number of rotatable bonds is 9. The molecule has 3 nitrogen and oxygen atoms in total. The average molecular weight is 250 g/mol. The van der Waals surface area contributed by atoms with Gasteiger partial charge >= 0.3 is 0 Å². The van der Waals surface area contributed by atoms with E-state index in [0.29, 0.717) is 12.2 Å². The van der Waals surface area contributed by atoms with Crippen LogP contribution in [0.2, 0.25) is 0 Å². The maximum Gasteiger partial charge on any atom is 0.188 e. The van der Waals surface area contributed by atoms with E-state index in [1.807, 2.05) is 0 Å². The summed E-state index contributed by atoms with van der Waals surface area (Å²) < 4.78 is 10.4. The average Bonchev–Trinajstić information content (AvgIpc) is 2.42. The SMILES string of the molecule is CCCCCCOCC(=O)c1ccc(OC)cc1. The van der Waals surface area contributed by atoms with Crippen LogP contribution in [0.1, 0.15) is 43.0 Å². The first-order chi connectivity index (χ1) is 8.77. The summed E-state index contributed by atoms with van der Waals surface area (Å²) >= 11 is 0. The van der Waals surface area contributed by atoms with Gasteiger partial charge in [0.25, 0.3) is 0 Å². The molecule has 3 heteroatoms. The topological polar surface area (TPSA) is 35.5 Å². The van der Waals surface area contributed by atoms with Gasteiger partial charge in [-0.2, -0.15) is 0 Å². The van der Waals surface area contributed by atoms with E-state index in [1.54, 1.807) is 31.4 Å². The third-order valence-electron chi connectivity index (χ3n) is 2.79. The van der Waals surface area contributed by atoms with Gasteiger partial charge in [-0.15, -0.1) is 0 Å². The van der Waals surface area contributed by atoms with Crippen molar-refractivity contribution in [3.05, 3.63) is 29.8 Å². The van der Waals surface area contributed by atoms with E-state index in [2.05, 4.69) is 6.92 Å². The molecule has 18 heavy (non-hydrogen) atoms. The Bertz CT molecular complexity index is 343. The van der Waals surface area contributed by atoms with Crippen LogP contribution < -0.4 is 4.74 Å². The molecule has 0 N–H and O–H groups in total. The zero-order valence-electron chi connectivity index (χ0n) is 11.3. The number of carbonyl (C=O) groups excluding carboxylic acids is 1. The number of Topliss-reactive ketones (excluding diaryl/α,β-unsaturated/α-hetero) is 1. The molecule has 0 atom stereocenters. The Labute approximate surface area is 109 Å². The Morgan fingerprint density at radius 2 is 1.83 bits per heavy atom. The minimum absolute atomic E-state index is 0.0214. The van der Waals surface area contributed by atoms with E-state index in [1.165, 1.54) is 19.3 Å². The number of hydrogen-bond donors (Lipinski definition) is 0. The van der Waals surface area contributed by atoms with Gasteiger partial charge in [-0.25, -0.2) is 0 Å². The van der Waals surface area contributed by atoms with Crippen LogP contribution in [0.5, 0.6) is 5.75 Å². The van der Waals surface area contributed by atoms with Gasteiger partial charge in [0.05, 0.1) is 7.11 Å². The molecule has 0 spiro atoms. The smallest absolute Gasteiger partial charge is 0.188 e. The maximum absolute atomic E-state index is 11.8. The highest BCUT2D eigenvalue weighted by Gasteiger charge is 2.05. The lowest BCUT2D eigenvalue weighted by Crippen LogP contribution is -2.09. The van der Waals surface area contributed by atoms with E-state index >= 15 is 0 Å². The number of ether oxygens (including phenoxy) is 2. The van der Waals surface area contributed by atoms with Crippen molar-refractivity contribution in [3.8, 4) is 5.75 Å². The van der Waals surface area contributed by atoms with E-state index in [-0.39, 0.29) is 12.4 Å². The number of hydrogen-bond acceptors (Lipinski definition) is 3. The Balaban J connectivity index is 2.23. The fourth-order valence-corrected chi connectivity index (χ4v) is 1.66. The first-order valence-electron chi connectivity index (χ1n) is 6.53. The van der Waals surface area contributed by atoms with Crippen LogP contribution in [0.4, 0.5) is 0 Å². The summed E-state index contributed by atoms with van der Waals surface area (Å²) in [6.45, 7) is 3.01. The van der Waals surface area contributed by atoms with Crippen LogP contribution in [0.3, 0.4) is 0 Å². The van der Waals surface area contributed by atoms with Crippen LogP contribution in [-0.2, 0) is 4.74 Å². The minimum atomic E-state index is 0.0214. The van der Waals surface area contributed by atoms with E-state index in [4.69, 9.17) is 9.47 Å². The third-order valence-corrected chi connectivity index (χ3v) is 2.79. The van der Waals surface area contributed by atoms with Gasteiger partial charge in [0.2, 0.25) is 0 Å². The lowest BCUT2D eigenvalue weighted by molar-refractivity contribution is 0.0752. The van der Waals surface area contributed by atoms with Crippen molar-refractivity contribution >= 4 is 5.78 Å². The molecule has 0 amide bonds. The largest absolute Gasteiger partial charge is 0.497 e. The highest BCUT2D eigenvalue weighted by molar-refractivity contribution is 5.97. The molecule has 1 rings (SSSR count). The first kappa shape index (κ1) is 14.7. The molecule has 1 aromatic rings. The lowest BCUT2D eigenvalue weighted by atomic mass is 10.1. The molecule has 0 aliphatic rings. The van der Waals surface area contributed by atoms with E-state index in [0.717, 1.165) is 12.2 Å². The molecule has 0 unspecified atom stereocenters. The molecule has 0 saturated heterocycles. The second-order valence-corrected chi connectivity index (χ2v) is 4.26. The fraction of sp³-hybridized carbons (Fsp3) is 0.533. The quantitative estimate of drug-likeness (QED) is 0.497. The molecule has 0 bridgehead atoms. The zero-order chi connectivity index (χ0) is 13.2. The third kappa shape index (κ3) is 5.32. The summed E-state index contributed by atoms with van der Waals surface area (Å²) in [5, 5.41) is 0. The second kappa shape index (κ2) is 8.70. The summed E-state index contributed by atoms with van der Waals surface area (Å²) in [7, 11) is 1.61. The minimum Gasteiger partial charge on any atom is -0.497 e. The van der Waals surface area contributed by atoms with E-state index < -0.39 is 0 Å². The highest BCUT2D eigenvalue weighted by atomic mass is 16.5. The number of carbonyl (C=O) groups is 1. The molecule has 0 heterocycles. The first-order valence-corrected chi connectivity index (χ1v) is 6.53. The van der Waals surface area contributed by atoms with Gasteiger partial charge < -0.3 is 9.47 Å². The van der Waals surface area contributed by atoms with Gasteiger partial charge in [0, 0.05) is 12.2 Å². The van der Waals surface area contributed by atoms with Gasteiger partial charge in [0.1, 0.15) is 12.4 Å². The van der Waals surface area contributed by atoms with Gasteiger partial charge in [-0.05, 0) is 30.7 Å². The predicted molar refractivity (Wildman–Crippen MR) is 72.3 cm³/mol. The summed E-state index contributed by atoms with van der Waals surface area (Å²) in [6.07, 6.45) is 4.65.